The van der Waals surface area contributed by atoms with Crippen LogP contribution in [0.3, 0.4) is 0 Å². The summed E-state index contributed by atoms with van der Waals surface area (Å²) in [5, 5.41) is 0. The van der Waals surface area contributed by atoms with Gasteiger partial charge in [0.25, 0.3) is 0 Å². The third kappa shape index (κ3) is 3.38. The molecule has 1 aromatic carbocycles. The smallest absolute Gasteiger partial charge is 0.113 e. The van der Waals surface area contributed by atoms with E-state index in [4.69, 9.17) is 4.74 Å². The van der Waals surface area contributed by atoms with Gasteiger partial charge in [-0.3, -0.25) is 0 Å². The van der Waals surface area contributed by atoms with Crippen molar-refractivity contribution >= 4 is 22.6 Å². The number of hydrogen-bond donors (Lipinski definition) is 0. The van der Waals surface area contributed by atoms with Crippen LogP contribution >= 0.6 is 22.6 Å². The first-order valence-electron chi connectivity index (χ1n) is 5.03. The number of allylic oxidation sites excluding steroid dienone is 4. The number of rotatable bonds is 3. The predicted octanol–water partition coefficient (Wildman–Crippen LogP) is 3.85. The topological polar surface area (TPSA) is 9.23 Å². The van der Waals surface area contributed by atoms with Crippen LogP contribution in [-0.4, -0.2) is 3.92 Å². The second-order valence-electron chi connectivity index (χ2n) is 3.51. The lowest BCUT2D eigenvalue weighted by atomic mass is 10.1. The van der Waals surface area contributed by atoms with Crippen LogP contribution in [0.5, 0.6) is 0 Å². The summed E-state index contributed by atoms with van der Waals surface area (Å²) in [5.74, 6) is 1.08. The highest BCUT2D eigenvalue weighted by atomic mass is 127. The highest BCUT2D eigenvalue weighted by molar-refractivity contribution is 14.1. The Morgan fingerprint density at radius 3 is 2.80 bits per heavy atom. The Morgan fingerprint density at radius 1 is 1.27 bits per heavy atom. The summed E-state index contributed by atoms with van der Waals surface area (Å²) in [6.07, 6.45) is 7.32. The van der Waals surface area contributed by atoms with E-state index in [0.717, 1.165) is 12.2 Å². The molecule has 1 unspecified atom stereocenters. The number of alkyl halides is 1. The molecule has 1 atom stereocenters. The molecule has 0 saturated heterocycles. The Labute approximate surface area is 104 Å². The highest BCUT2D eigenvalue weighted by Gasteiger charge is 2.08. The number of halogens is 1. The number of hydrogen-bond acceptors (Lipinski definition) is 1. The number of benzene rings is 1. The van der Waals surface area contributed by atoms with E-state index in [0.29, 0.717) is 10.5 Å². The lowest BCUT2D eigenvalue weighted by molar-refractivity contribution is 0.190. The molecule has 0 aromatic heterocycles. The Bertz CT molecular complexity index is 367. The van der Waals surface area contributed by atoms with Gasteiger partial charge in [-0.05, 0) is 11.6 Å². The first kappa shape index (κ1) is 10.7. The molecule has 0 spiro atoms. The Hall–Kier alpha value is -0.770. The minimum atomic E-state index is 0.568. The maximum atomic E-state index is 5.74. The van der Waals surface area contributed by atoms with E-state index in [2.05, 4.69) is 53.0 Å². The third-order valence-electron chi connectivity index (χ3n) is 2.27. The van der Waals surface area contributed by atoms with Gasteiger partial charge in [-0.25, -0.2) is 0 Å². The van der Waals surface area contributed by atoms with Gasteiger partial charge in [0, 0.05) is 10.3 Å². The maximum absolute atomic E-state index is 5.74. The molecule has 2 rings (SSSR count). The van der Waals surface area contributed by atoms with E-state index in [-0.39, 0.29) is 0 Å². The first-order chi connectivity index (χ1) is 7.34. The summed E-state index contributed by atoms with van der Waals surface area (Å²) in [5.41, 5.74) is 1.22. The molecular formula is C13H13IO. The number of ether oxygens (including phenoxy) is 1. The monoisotopic (exact) mass is 312 g/mol. The van der Waals surface area contributed by atoms with Crippen molar-refractivity contribution in [3.05, 3.63) is 59.9 Å². The summed E-state index contributed by atoms with van der Waals surface area (Å²) in [6.45, 7) is 0.671. The second kappa shape index (κ2) is 5.35. The molecule has 0 saturated carbocycles. The molecule has 1 aromatic rings. The Balaban J connectivity index is 1.89. The van der Waals surface area contributed by atoms with Crippen LogP contribution in [-0.2, 0) is 11.3 Å². The van der Waals surface area contributed by atoms with Crippen LogP contribution in [0.15, 0.2) is 54.3 Å². The van der Waals surface area contributed by atoms with Crippen LogP contribution in [0, 0.1) is 0 Å². The fourth-order valence-electron chi connectivity index (χ4n) is 1.47. The summed E-state index contributed by atoms with van der Waals surface area (Å²) in [7, 11) is 0. The van der Waals surface area contributed by atoms with Crippen LogP contribution in [0.1, 0.15) is 12.0 Å². The van der Waals surface area contributed by atoms with Crippen molar-refractivity contribution < 1.29 is 4.74 Å². The SMILES string of the molecule is IC1C=CC=C(OCc2ccccc2)C1. The quantitative estimate of drug-likeness (QED) is 0.608. The summed E-state index contributed by atoms with van der Waals surface area (Å²) >= 11 is 2.42. The summed E-state index contributed by atoms with van der Waals surface area (Å²) in [6, 6.07) is 10.3. The van der Waals surface area contributed by atoms with Crippen molar-refractivity contribution in [2.24, 2.45) is 0 Å². The van der Waals surface area contributed by atoms with Crippen molar-refractivity contribution in [1.29, 1.82) is 0 Å². The van der Waals surface area contributed by atoms with E-state index in [1.807, 2.05) is 18.2 Å². The minimum absolute atomic E-state index is 0.568. The standard InChI is InChI=1S/C13H13IO/c14-12-7-4-8-13(9-12)15-10-11-5-2-1-3-6-11/h1-8,12H,9-10H2. The van der Waals surface area contributed by atoms with Gasteiger partial charge >= 0.3 is 0 Å². The molecule has 0 aliphatic heterocycles. The van der Waals surface area contributed by atoms with E-state index >= 15 is 0 Å². The van der Waals surface area contributed by atoms with Crippen molar-refractivity contribution in [2.75, 3.05) is 0 Å². The third-order valence-corrected chi connectivity index (χ3v) is 3.12. The molecule has 0 fully saturated rings. The zero-order valence-electron chi connectivity index (χ0n) is 8.40. The van der Waals surface area contributed by atoms with Crippen molar-refractivity contribution in [1.82, 2.24) is 0 Å². The van der Waals surface area contributed by atoms with E-state index in [1.165, 1.54) is 5.56 Å². The minimum Gasteiger partial charge on any atom is -0.493 e. The lowest BCUT2D eigenvalue weighted by Crippen LogP contribution is -2.03. The zero-order valence-corrected chi connectivity index (χ0v) is 10.6. The van der Waals surface area contributed by atoms with Crippen LogP contribution in [0.2, 0.25) is 0 Å². The molecule has 78 valence electrons. The molecule has 2 heteroatoms. The van der Waals surface area contributed by atoms with Gasteiger partial charge in [-0.15, -0.1) is 0 Å². The molecule has 0 bridgehead atoms. The van der Waals surface area contributed by atoms with Crippen molar-refractivity contribution in [3.8, 4) is 0 Å². The van der Waals surface area contributed by atoms with E-state index < -0.39 is 0 Å². The van der Waals surface area contributed by atoms with Crippen molar-refractivity contribution in [3.63, 3.8) is 0 Å². The molecular weight excluding hydrogens is 299 g/mol. The van der Waals surface area contributed by atoms with Gasteiger partial charge in [0.2, 0.25) is 0 Å². The van der Waals surface area contributed by atoms with Gasteiger partial charge in [-0.1, -0.05) is 65.1 Å². The molecule has 0 N–H and O–H groups in total. The Morgan fingerprint density at radius 2 is 2.07 bits per heavy atom. The van der Waals surface area contributed by atoms with Crippen molar-refractivity contribution in [2.45, 2.75) is 17.0 Å². The van der Waals surface area contributed by atoms with Gasteiger partial charge in [0.15, 0.2) is 0 Å². The zero-order chi connectivity index (χ0) is 10.5. The second-order valence-corrected chi connectivity index (χ2v) is 5.11. The molecule has 1 aliphatic carbocycles. The summed E-state index contributed by atoms with van der Waals surface area (Å²) < 4.78 is 6.31. The summed E-state index contributed by atoms with van der Waals surface area (Å²) in [4.78, 5) is 0. The van der Waals surface area contributed by atoms with Gasteiger partial charge in [0.1, 0.15) is 6.61 Å². The normalized spacial score (nSPS) is 19.8. The van der Waals surface area contributed by atoms with Crippen LogP contribution < -0.4 is 0 Å². The maximum Gasteiger partial charge on any atom is 0.113 e. The molecule has 0 heterocycles. The predicted molar refractivity (Wildman–Crippen MR) is 70.9 cm³/mol. The highest BCUT2D eigenvalue weighted by Crippen LogP contribution is 2.21. The van der Waals surface area contributed by atoms with Gasteiger partial charge in [0.05, 0.1) is 5.76 Å². The van der Waals surface area contributed by atoms with E-state index in [1.54, 1.807) is 0 Å². The lowest BCUT2D eigenvalue weighted by Gasteiger charge is -2.14. The molecule has 15 heavy (non-hydrogen) atoms. The van der Waals surface area contributed by atoms with Gasteiger partial charge < -0.3 is 4.74 Å². The molecule has 1 aliphatic rings. The van der Waals surface area contributed by atoms with Crippen LogP contribution in [0.25, 0.3) is 0 Å². The fourth-order valence-corrected chi connectivity index (χ4v) is 2.14. The molecule has 0 amide bonds. The first-order valence-corrected chi connectivity index (χ1v) is 6.27. The largest absolute Gasteiger partial charge is 0.493 e. The molecule has 1 nitrogen and oxygen atoms in total. The molecule has 0 radical (unpaired) electrons. The average molecular weight is 312 g/mol. The van der Waals surface area contributed by atoms with Crippen LogP contribution in [0.4, 0.5) is 0 Å². The fraction of sp³-hybridized carbons (Fsp3) is 0.231. The Kier molecular flexibility index (Phi) is 3.83. The average Bonchev–Trinajstić information content (AvgIpc) is 2.28. The van der Waals surface area contributed by atoms with E-state index in [9.17, 15) is 0 Å². The van der Waals surface area contributed by atoms with Gasteiger partial charge in [-0.2, -0.15) is 0 Å².